The second-order valence-electron chi connectivity index (χ2n) is 3.93. The van der Waals surface area contributed by atoms with Gasteiger partial charge in [-0.2, -0.15) is 0 Å². The third kappa shape index (κ3) is 1.99. The van der Waals surface area contributed by atoms with E-state index in [0.717, 1.165) is 6.04 Å². The summed E-state index contributed by atoms with van der Waals surface area (Å²) in [6.45, 7) is 6.11. The first-order chi connectivity index (χ1) is 5.97. The van der Waals surface area contributed by atoms with Crippen LogP contribution in [0.25, 0.3) is 0 Å². The summed E-state index contributed by atoms with van der Waals surface area (Å²) in [6.07, 6.45) is 6.88. The van der Waals surface area contributed by atoms with Crippen LogP contribution in [0.5, 0.6) is 0 Å². The Morgan fingerprint density at radius 3 is 2.67 bits per heavy atom. The Morgan fingerprint density at radius 2 is 2.00 bits per heavy atom. The fourth-order valence-corrected chi connectivity index (χ4v) is 2.30. The van der Waals surface area contributed by atoms with Crippen LogP contribution in [0.15, 0.2) is 0 Å². The Bertz CT molecular complexity index is 108. The van der Waals surface area contributed by atoms with Crippen LogP contribution in [0.3, 0.4) is 0 Å². The van der Waals surface area contributed by atoms with Gasteiger partial charge in [0.2, 0.25) is 0 Å². The van der Waals surface area contributed by atoms with Crippen molar-refractivity contribution in [3.63, 3.8) is 0 Å². The van der Waals surface area contributed by atoms with E-state index in [2.05, 4.69) is 16.8 Å². The number of nitrogens with zero attached hydrogens (tertiary/aromatic N) is 1. The lowest BCUT2D eigenvalue weighted by atomic mass is 10.0. The zero-order chi connectivity index (χ0) is 8.23. The van der Waals surface area contributed by atoms with E-state index in [9.17, 15) is 0 Å². The molecule has 2 nitrogen and oxygen atoms in total. The van der Waals surface area contributed by atoms with Gasteiger partial charge in [-0.25, -0.2) is 0 Å². The summed E-state index contributed by atoms with van der Waals surface area (Å²) >= 11 is 0. The maximum Gasteiger partial charge on any atom is 0.0236 e. The lowest BCUT2D eigenvalue weighted by molar-refractivity contribution is 0.143. The minimum atomic E-state index is 0.853. The fourth-order valence-electron chi connectivity index (χ4n) is 2.30. The smallest absolute Gasteiger partial charge is 0.0236 e. The van der Waals surface area contributed by atoms with Crippen LogP contribution in [0.1, 0.15) is 32.1 Å². The molecule has 0 bridgehead atoms. The van der Waals surface area contributed by atoms with Crippen LogP contribution in [0.4, 0.5) is 0 Å². The summed E-state index contributed by atoms with van der Waals surface area (Å²) in [7, 11) is 0. The normalized spacial score (nSPS) is 29.0. The Labute approximate surface area is 75.3 Å². The lowest BCUT2D eigenvalue weighted by Gasteiger charge is -2.36. The van der Waals surface area contributed by atoms with Crippen LogP contribution < -0.4 is 5.32 Å². The van der Waals surface area contributed by atoms with Gasteiger partial charge in [0, 0.05) is 12.6 Å². The standard InChI is InChI=1S/C10H19N2/c1-2-8-12(9-3-1)10-4-6-11-7-5-10/h6,10-11H,1-5,7-9H2. The molecule has 0 amide bonds. The molecule has 0 saturated carbocycles. The van der Waals surface area contributed by atoms with E-state index in [0.29, 0.717) is 0 Å². The quantitative estimate of drug-likeness (QED) is 0.635. The van der Waals surface area contributed by atoms with E-state index in [-0.39, 0.29) is 0 Å². The molecule has 2 aliphatic rings. The molecule has 0 aromatic heterocycles. The Morgan fingerprint density at radius 1 is 1.17 bits per heavy atom. The van der Waals surface area contributed by atoms with Crippen molar-refractivity contribution < 1.29 is 0 Å². The minimum Gasteiger partial charge on any atom is -0.312 e. The highest BCUT2D eigenvalue weighted by atomic mass is 15.2. The Kier molecular flexibility index (Phi) is 3.01. The van der Waals surface area contributed by atoms with Crippen LogP contribution >= 0.6 is 0 Å². The van der Waals surface area contributed by atoms with Crippen molar-refractivity contribution in [2.24, 2.45) is 0 Å². The van der Waals surface area contributed by atoms with Gasteiger partial charge in [-0.05, 0) is 45.3 Å². The zero-order valence-electron chi connectivity index (χ0n) is 7.76. The van der Waals surface area contributed by atoms with Gasteiger partial charge >= 0.3 is 0 Å². The molecule has 2 heterocycles. The van der Waals surface area contributed by atoms with E-state index < -0.39 is 0 Å². The molecule has 1 unspecified atom stereocenters. The molecule has 2 fully saturated rings. The van der Waals surface area contributed by atoms with Crippen LogP contribution in [-0.4, -0.2) is 30.6 Å². The molecule has 2 rings (SSSR count). The first-order valence-electron chi connectivity index (χ1n) is 5.26. The number of piperidine rings is 2. The predicted octanol–water partition coefficient (Wildman–Crippen LogP) is 1.39. The topological polar surface area (TPSA) is 15.3 Å². The zero-order valence-corrected chi connectivity index (χ0v) is 7.76. The maximum atomic E-state index is 3.30. The highest BCUT2D eigenvalue weighted by Crippen LogP contribution is 2.18. The van der Waals surface area contributed by atoms with E-state index in [1.807, 2.05) is 0 Å². The van der Waals surface area contributed by atoms with Crippen molar-refractivity contribution in [2.45, 2.75) is 38.1 Å². The first kappa shape index (κ1) is 8.52. The molecule has 0 aromatic rings. The molecule has 0 aromatic carbocycles. The summed E-state index contributed by atoms with van der Waals surface area (Å²) in [6, 6.07) is 0.853. The van der Waals surface area contributed by atoms with Crippen molar-refractivity contribution in [2.75, 3.05) is 19.6 Å². The lowest BCUT2D eigenvalue weighted by Crippen LogP contribution is -2.43. The second kappa shape index (κ2) is 4.24. The molecule has 1 radical (unpaired) electrons. The SMILES string of the molecule is [CH]1CC(N2CCCCC2)CCN1. The van der Waals surface area contributed by atoms with Gasteiger partial charge in [0.05, 0.1) is 0 Å². The van der Waals surface area contributed by atoms with Crippen molar-refractivity contribution in [3.05, 3.63) is 6.54 Å². The number of nitrogens with one attached hydrogen (secondary N) is 1. The third-order valence-electron chi connectivity index (χ3n) is 3.06. The maximum absolute atomic E-state index is 3.30. The van der Waals surface area contributed by atoms with Gasteiger partial charge in [0.1, 0.15) is 0 Å². The average molecular weight is 167 g/mol. The minimum absolute atomic E-state index is 0.853. The predicted molar refractivity (Wildman–Crippen MR) is 50.7 cm³/mol. The molecular formula is C10H19N2. The van der Waals surface area contributed by atoms with E-state index in [1.165, 1.54) is 51.7 Å². The molecule has 0 spiro atoms. The summed E-state index contributed by atoms with van der Waals surface area (Å²) in [5, 5.41) is 3.30. The van der Waals surface area contributed by atoms with Gasteiger partial charge in [0.25, 0.3) is 0 Å². The van der Waals surface area contributed by atoms with Gasteiger partial charge in [0.15, 0.2) is 0 Å². The summed E-state index contributed by atoms with van der Waals surface area (Å²) in [5.74, 6) is 0. The Balaban J connectivity index is 1.80. The van der Waals surface area contributed by atoms with E-state index in [4.69, 9.17) is 0 Å². The first-order valence-corrected chi connectivity index (χ1v) is 5.26. The molecule has 12 heavy (non-hydrogen) atoms. The molecule has 69 valence electrons. The van der Waals surface area contributed by atoms with Crippen molar-refractivity contribution >= 4 is 0 Å². The van der Waals surface area contributed by atoms with Gasteiger partial charge in [-0.1, -0.05) is 6.42 Å². The van der Waals surface area contributed by atoms with Crippen LogP contribution in [-0.2, 0) is 0 Å². The third-order valence-corrected chi connectivity index (χ3v) is 3.06. The highest BCUT2D eigenvalue weighted by molar-refractivity contribution is 4.84. The second-order valence-corrected chi connectivity index (χ2v) is 3.93. The van der Waals surface area contributed by atoms with Crippen molar-refractivity contribution in [1.29, 1.82) is 0 Å². The summed E-state index contributed by atoms with van der Waals surface area (Å²) in [5.41, 5.74) is 0. The summed E-state index contributed by atoms with van der Waals surface area (Å²) < 4.78 is 0. The van der Waals surface area contributed by atoms with Gasteiger partial charge in [-0.3, -0.25) is 0 Å². The molecule has 2 aliphatic heterocycles. The molecule has 1 atom stereocenters. The monoisotopic (exact) mass is 167 g/mol. The van der Waals surface area contributed by atoms with Crippen molar-refractivity contribution in [3.8, 4) is 0 Å². The van der Waals surface area contributed by atoms with E-state index >= 15 is 0 Å². The number of hydrogen-bond acceptors (Lipinski definition) is 2. The van der Waals surface area contributed by atoms with Gasteiger partial charge < -0.3 is 10.2 Å². The summed E-state index contributed by atoms with van der Waals surface area (Å²) in [4.78, 5) is 2.68. The molecule has 0 aliphatic carbocycles. The van der Waals surface area contributed by atoms with Gasteiger partial charge in [-0.15, -0.1) is 0 Å². The van der Waals surface area contributed by atoms with Crippen LogP contribution in [0, 0.1) is 6.54 Å². The number of hydrogen-bond donors (Lipinski definition) is 1. The molecule has 1 N–H and O–H groups in total. The molecule has 2 saturated heterocycles. The van der Waals surface area contributed by atoms with E-state index in [1.54, 1.807) is 0 Å². The molecular weight excluding hydrogens is 148 g/mol. The number of rotatable bonds is 1. The fraction of sp³-hybridized carbons (Fsp3) is 0.900. The highest BCUT2D eigenvalue weighted by Gasteiger charge is 2.21. The van der Waals surface area contributed by atoms with Crippen LogP contribution in [0.2, 0.25) is 0 Å². The molecule has 2 heteroatoms. The largest absolute Gasteiger partial charge is 0.312 e. The number of likely N-dealkylation sites (tertiary alicyclic amines) is 1. The average Bonchev–Trinajstić information content (AvgIpc) is 2.21. The Hall–Kier alpha value is -0.0800. The van der Waals surface area contributed by atoms with Crippen molar-refractivity contribution in [1.82, 2.24) is 10.2 Å².